The second-order valence-corrected chi connectivity index (χ2v) is 7.28. The number of nitrogens with one attached hydrogen (secondary N) is 1. The number of nitrogens with zero attached hydrogens (tertiary/aromatic N) is 1. The predicted octanol–water partition coefficient (Wildman–Crippen LogP) is 3.33. The number of fused-ring (bicyclic) bond motifs is 1. The van der Waals surface area contributed by atoms with Crippen LogP contribution in [0.25, 0.3) is 0 Å². The molecule has 2 aliphatic rings. The van der Waals surface area contributed by atoms with Crippen LogP contribution in [-0.2, 0) is 6.42 Å². The molecule has 0 spiro atoms. The molecule has 130 valence electrons. The zero-order valence-electron chi connectivity index (χ0n) is 13.9. The summed E-state index contributed by atoms with van der Waals surface area (Å²) >= 11 is 6.10. The lowest BCUT2D eigenvalue weighted by atomic mass is 10.1. The fraction of sp³-hybridized carbons (Fsp3) is 0.350. The summed E-state index contributed by atoms with van der Waals surface area (Å²) in [6.45, 7) is 1.51. The predicted molar refractivity (Wildman–Crippen MR) is 99.3 cm³/mol. The number of rotatable bonds is 3. The third-order valence-electron chi connectivity index (χ3n) is 5.15. The minimum atomic E-state index is -0.253. The number of aliphatic hydroxyl groups is 1. The Morgan fingerprint density at radius 3 is 2.68 bits per heavy atom. The molecule has 2 unspecified atom stereocenters. The van der Waals surface area contributed by atoms with Gasteiger partial charge in [0.15, 0.2) is 0 Å². The Hall–Kier alpha value is -2.04. The molecule has 1 saturated heterocycles. The van der Waals surface area contributed by atoms with Crippen molar-refractivity contribution < 1.29 is 9.90 Å². The van der Waals surface area contributed by atoms with Crippen molar-refractivity contribution in [1.29, 1.82) is 0 Å². The highest BCUT2D eigenvalue weighted by molar-refractivity contribution is 6.30. The number of aryl methyl sites for hydroxylation is 1. The van der Waals surface area contributed by atoms with E-state index >= 15 is 0 Å². The highest BCUT2D eigenvalue weighted by Crippen LogP contribution is 2.33. The normalized spacial score (nSPS) is 22.1. The first-order chi connectivity index (χ1) is 12.1. The van der Waals surface area contributed by atoms with Gasteiger partial charge in [-0.05, 0) is 66.8 Å². The Balaban J connectivity index is 1.45. The molecule has 4 nitrogen and oxygen atoms in total. The Bertz CT molecular complexity index is 791. The maximum Gasteiger partial charge on any atom is 0.251 e. The van der Waals surface area contributed by atoms with Crippen molar-refractivity contribution in [2.75, 3.05) is 18.0 Å². The Labute approximate surface area is 152 Å². The molecule has 1 amide bonds. The molecule has 1 aliphatic carbocycles. The molecule has 0 saturated carbocycles. The first kappa shape index (κ1) is 16.4. The number of benzene rings is 2. The number of carbonyl (C=O) groups excluding carboxylic acids is 1. The summed E-state index contributed by atoms with van der Waals surface area (Å²) in [5, 5.41) is 13.5. The van der Waals surface area contributed by atoms with Crippen molar-refractivity contribution in [3.63, 3.8) is 0 Å². The van der Waals surface area contributed by atoms with Gasteiger partial charge >= 0.3 is 0 Å². The van der Waals surface area contributed by atoms with E-state index in [1.807, 2.05) is 42.5 Å². The van der Waals surface area contributed by atoms with E-state index in [0.29, 0.717) is 17.1 Å². The zero-order chi connectivity index (χ0) is 17.4. The molecule has 5 heteroatoms. The summed E-state index contributed by atoms with van der Waals surface area (Å²) in [6.07, 6.45) is 2.42. The smallest absolute Gasteiger partial charge is 0.251 e. The first-order valence-electron chi connectivity index (χ1n) is 8.72. The van der Waals surface area contributed by atoms with Gasteiger partial charge in [0, 0.05) is 29.4 Å². The van der Waals surface area contributed by atoms with Crippen LogP contribution in [0.15, 0.2) is 42.5 Å². The van der Waals surface area contributed by atoms with Gasteiger partial charge in [0.05, 0.1) is 12.1 Å². The number of aliphatic hydroxyl groups excluding tert-OH is 1. The second-order valence-electron chi connectivity index (χ2n) is 6.84. The van der Waals surface area contributed by atoms with Gasteiger partial charge in [0.1, 0.15) is 0 Å². The van der Waals surface area contributed by atoms with Crippen molar-refractivity contribution in [3.05, 3.63) is 64.2 Å². The topological polar surface area (TPSA) is 52.6 Å². The summed E-state index contributed by atoms with van der Waals surface area (Å²) in [6, 6.07) is 13.5. The van der Waals surface area contributed by atoms with E-state index in [4.69, 9.17) is 11.6 Å². The van der Waals surface area contributed by atoms with Crippen LogP contribution in [0.3, 0.4) is 0 Å². The molecule has 4 rings (SSSR count). The number of hydrogen-bond acceptors (Lipinski definition) is 3. The number of anilines is 1. The van der Waals surface area contributed by atoms with E-state index in [9.17, 15) is 9.90 Å². The lowest BCUT2D eigenvalue weighted by Gasteiger charge is -2.18. The largest absolute Gasteiger partial charge is 0.391 e. The number of β-amino-alcohol motifs (C(OH)–C–C–N with tert-alkyl or cyclic N) is 1. The minimum Gasteiger partial charge on any atom is -0.391 e. The summed E-state index contributed by atoms with van der Waals surface area (Å²) in [5.74, 6) is -0.0640. The molecule has 1 heterocycles. The molecule has 2 aromatic rings. The summed E-state index contributed by atoms with van der Waals surface area (Å²) in [4.78, 5) is 14.7. The molecule has 0 bridgehead atoms. The molecule has 0 aromatic heterocycles. The van der Waals surface area contributed by atoms with Gasteiger partial charge in [0.25, 0.3) is 5.91 Å². The number of amides is 1. The van der Waals surface area contributed by atoms with Gasteiger partial charge in [-0.2, -0.15) is 0 Å². The summed E-state index contributed by atoms with van der Waals surface area (Å²) in [5.41, 5.74) is 4.09. The van der Waals surface area contributed by atoms with Gasteiger partial charge in [0.2, 0.25) is 0 Å². The molecule has 2 aromatic carbocycles. The Morgan fingerprint density at radius 2 is 1.96 bits per heavy atom. The Kier molecular flexibility index (Phi) is 4.40. The van der Waals surface area contributed by atoms with Gasteiger partial charge < -0.3 is 15.3 Å². The van der Waals surface area contributed by atoms with Crippen LogP contribution in [0.4, 0.5) is 5.69 Å². The maximum absolute atomic E-state index is 12.6. The monoisotopic (exact) mass is 356 g/mol. The lowest BCUT2D eigenvalue weighted by molar-refractivity contribution is 0.0936. The van der Waals surface area contributed by atoms with Gasteiger partial charge in [-0.15, -0.1) is 0 Å². The van der Waals surface area contributed by atoms with Crippen molar-refractivity contribution in [2.24, 2.45) is 0 Å². The van der Waals surface area contributed by atoms with Crippen molar-refractivity contribution >= 4 is 23.2 Å². The molecule has 1 aliphatic heterocycles. The highest BCUT2D eigenvalue weighted by atomic mass is 35.5. The van der Waals surface area contributed by atoms with Crippen molar-refractivity contribution in [3.8, 4) is 0 Å². The van der Waals surface area contributed by atoms with Crippen LogP contribution in [0.5, 0.6) is 0 Å². The minimum absolute atomic E-state index is 0.0228. The summed E-state index contributed by atoms with van der Waals surface area (Å²) in [7, 11) is 0. The standard InChI is InChI=1S/C20H21ClN2O2/c21-15-5-1-13-4-8-19(18(13)11-15)22-20(25)14-2-6-16(7-3-14)23-10-9-17(24)12-23/h1-3,5-7,11,17,19,24H,4,8-10,12H2,(H,22,25). The van der Waals surface area contributed by atoms with Crippen molar-refractivity contribution in [2.45, 2.75) is 31.4 Å². The number of carbonyl (C=O) groups is 1. The third kappa shape index (κ3) is 3.37. The van der Waals surface area contributed by atoms with Crippen LogP contribution in [0, 0.1) is 0 Å². The van der Waals surface area contributed by atoms with Crippen LogP contribution < -0.4 is 10.2 Å². The van der Waals surface area contributed by atoms with Crippen LogP contribution in [0.1, 0.15) is 40.4 Å². The molecule has 2 N–H and O–H groups in total. The van der Waals surface area contributed by atoms with E-state index in [1.54, 1.807) is 0 Å². The number of halogens is 1. The van der Waals surface area contributed by atoms with Gasteiger partial charge in [-0.1, -0.05) is 17.7 Å². The van der Waals surface area contributed by atoms with Crippen LogP contribution >= 0.6 is 11.6 Å². The molecule has 0 radical (unpaired) electrons. The number of hydrogen-bond donors (Lipinski definition) is 2. The lowest BCUT2D eigenvalue weighted by Crippen LogP contribution is -2.27. The second kappa shape index (κ2) is 6.70. The van der Waals surface area contributed by atoms with E-state index in [1.165, 1.54) is 5.56 Å². The SMILES string of the molecule is O=C(NC1CCc2ccc(Cl)cc21)c1ccc(N2CCC(O)C2)cc1. The molecular weight excluding hydrogens is 336 g/mol. The van der Waals surface area contributed by atoms with E-state index in [-0.39, 0.29) is 18.1 Å². The van der Waals surface area contributed by atoms with Crippen molar-refractivity contribution in [1.82, 2.24) is 5.32 Å². The fourth-order valence-corrected chi connectivity index (χ4v) is 3.95. The molecule has 1 fully saturated rings. The molecule has 2 atom stereocenters. The average Bonchev–Trinajstić information content (AvgIpc) is 3.22. The van der Waals surface area contributed by atoms with E-state index in [2.05, 4.69) is 10.2 Å². The van der Waals surface area contributed by atoms with Crippen LogP contribution in [-0.4, -0.2) is 30.2 Å². The average molecular weight is 357 g/mol. The first-order valence-corrected chi connectivity index (χ1v) is 9.10. The Morgan fingerprint density at radius 1 is 1.16 bits per heavy atom. The molecular formula is C20H21ClN2O2. The van der Waals surface area contributed by atoms with Gasteiger partial charge in [-0.25, -0.2) is 0 Å². The third-order valence-corrected chi connectivity index (χ3v) is 5.38. The van der Waals surface area contributed by atoms with Gasteiger partial charge in [-0.3, -0.25) is 4.79 Å². The highest BCUT2D eigenvalue weighted by Gasteiger charge is 2.25. The molecule has 25 heavy (non-hydrogen) atoms. The van der Waals surface area contributed by atoms with Crippen LogP contribution in [0.2, 0.25) is 5.02 Å². The summed E-state index contributed by atoms with van der Waals surface area (Å²) < 4.78 is 0. The fourth-order valence-electron chi connectivity index (χ4n) is 3.76. The maximum atomic E-state index is 12.6. The van der Waals surface area contributed by atoms with E-state index < -0.39 is 0 Å². The zero-order valence-corrected chi connectivity index (χ0v) is 14.7. The van der Waals surface area contributed by atoms with E-state index in [0.717, 1.165) is 37.1 Å². The quantitative estimate of drug-likeness (QED) is 0.887.